The quantitative estimate of drug-likeness (QED) is 0.580. The van der Waals surface area contributed by atoms with Gasteiger partial charge in [0.05, 0.1) is 0 Å². The molecule has 0 radical (unpaired) electrons. The lowest BCUT2D eigenvalue weighted by molar-refractivity contribution is 0.548. The minimum Gasteiger partial charge on any atom is -0.422 e. The Morgan fingerprint density at radius 3 is 2.88 bits per heavy atom. The van der Waals surface area contributed by atoms with Crippen LogP contribution in [0.1, 0.15) is 18.1 Å². The van der Waals surface area contributed by atoms with Crippen molar-refractivity contribution in [2.24, 2.45) is 0 Å². The molecule has 2 rings (SSSR count). The molecule has 2 heteroatoms. The molecular weight excluding hydrogens is 200 g/mol. The monoisotopic (exact) mass is 214 g/mol. The van der Waals surface area contributed by atoms with Crippen LogP contribution in [0.5, 0.6) is 0 Å². The average molecular weight is 214 g/mol. The lowest BCUT2D eigenvalue weighted by Crippen LogP contribution is -2.06. The van der Waals surface area contributed by atoms with Gasteiger partial charge in [-0.15, -0.1) is 6.58 Å². The normalized spacial score (nSPS) is 10.6. The summed E-state index contributed by atoms with van der Waals surface area (Å²) in [5, 5.41) is 0.982. The van der Waals surface area contributed by atoms with Crippen molar-refractivity contribution in [3.63, 3.8) is 0 Å². The molecule has 2 aromatic rings. The summed E-state index contributed by atoms with van der Waals surface area (Å²) in [5.41, 5.74) is 2.19. The van der Waals surface area contributed by atoms with Crippen LogP contribution in [0.2, 0.25) is 0 Å². The zero-order valence-corrected chi connectivity index (χ0v) is 9.32. The van der Waals surface area contributed by atoms with Gasteiger partial charge in [0.1, 0.15) is 5.58 Å². The van der Waals surface area contributed by atoms with Gasteiger partial charge < -0.3 is 4.42 Å². The van der Waals surface area contributed by atoms with Crippen LogP contribution in [0, 0.1) is 0 Å². The SMILES string of the molecule is C=CCc1cccc2cc(CC)c(=O)oc12. The molecule has 0 atom stereocenters. The summed E-state index contributed by atoms with van der Waals surface area (Å²) in [6, 6.07) is 7.80. The van der Waals surface area contributed by atoms with Gasteiger partial charge in [0.2, 0.25) is 0 Å². The van der Waals surface area contributed by atoms with E-state index in [4.69, 9.17) is 4.42 Å². The van der Waals surface area contributed by atoms with Crippen LogP contribution in [0.4, 0.5) is 0 Å². The minimum absolute atomic E-state index is 0.230. The van der Waals surface area contributed by atoms with Crippen molar-refractivity contribution in [3.8, 4) is 0 Å². The lowest BCUT2D eigenvalue weighted by atomic mass is 10.1. The van der Waals surface area contributed by atoms with E-state index < -0.39 is 0 Å². The first-order valence-electron chi connectivity index (χ1n) is 5.41. The lowest BCUT2D eigenvalue weighted by Gasteiger charge is -2.03. The third-order valence-electron chi connectivity index (χ3n) is 2.66. The van der Waals surface area contributed by atoms with Crippen molar-refractivity contribution in [3.05, 3.63) is 58.5 Å². The molecule has 82 valence electrons. The summed E-state index contributed by atoms with van der Waals surface area (Å²) < 4.78 is 5.36. The van der Waals surface area contributed by atoms with Gasteiger partial charge in [-0.2, -0.15) is 0 Å². The zero-order chi connectivity index (χ0) is 11.5. The number of hydrogen-bond donors (Lipinski definition) is 0. The van der Waals surface area contributed by atoms with Gasteiger partial charge in [-0.25, -0.2) is 4.79 Å². The maximum absolute atomic E-state index is 11.6. The molecule has 0 saturated heterocycles. The largest absolute Gasteiger partial charge is 0.422 e. The number of para-hydroxylation sites is 1. The van der Waals surface area contributed by atoms with E-state index in [9.17, 15) is 4.79 Å². The summed E-state index contributed by atoms with van der Waals surface area (Å²) in [4.78, 5) is 11.6. The van der Waals surface area contributed by atoms with Gasteiger partial charge in [0, 0.05) is 10.9 Å². The molecule has 2 nitrogen and oxygen atoms in total. The van der Waals surface area contributed by atoms with E-state index in [1.165, 1.54) is 0 Å². The van der Waals surface area contributed by atoms with Gasteiger partial charge in [-0.1, -0.05) is 31.2 Å². The molecule has 0 bridgehead atoms. The van der Waals surface area contributed by atoms with Gasteiger partial charge in [-0.05, 0) is 24.5 Å². The zero-order valence-electron chi connectivity index (χ0n) is 9.32. The molecule has 0 unspecified atom stereocenters. The van der Waals surface area contributed by atoms with E-state index in [1.807, 2.05) is 37.3 Å². The molecule has 0 fully saturated rings. The second-order valence-electron chi connectivity index (χ2n) is 3.74. The Morgan fingerprint density at radius 1 is 1.38 bits per heavy atom. The van der Waals surface area contributed by atoms with Crippen LogP contribution < -0.4 is 5.63 Å². The molecule has 1 aromatic carbocycles. The molecule has 1 heterocycles. The Bertz CT molecular complexity index is 579. The highest BCUT2D eigenvalue weighted by atomic mass is 16.4. The van der Waals surface area contributed by atoms with Gasteiger partial charge in [0.15, 0.2) is 0 Å². The highest BCUT2D eigenvalue weighted by Crippen LogP contribution is 2.19. The number of allylic oxidation sites excluding steroid dienone is 1. The Hall–Kier alpha value is -1.83. The Balaban J connectivity index is 2.74. The van der Waals surface area contributed by atoms with E-state index in [0.717, 1.165) is 16.5 Å². The number of aryl methyl sites for hydroxylation is 1. The Morgan fingerprint density at radius 2 is 2.19 bits per heavy atom. The van der Waals surface area contributed by atoms with E-state index in [1.54, 1.807) is 0 Å². The molecule has 0 amide bonds. The van der Waals surface area contributed by atoms with Crippen LogP contribution in [-0.4, -0.2) is 0 Å². The average Bonchev–Trinajstić information content (AvgIpc) is 2.29. The molecule has 0 aliphatic carbocycles. The van der Waals surface area contributed by atoms with Crippen molar-refractivity contribution >= 4 is 11.0 Å². The molecular formula is C14H14O2. The van der Waals surface area contributed by atoms with Gasteiger partial charge in [-0.3, -0.25) is 0 Å². The number of benzene rings is 1. The summed E-state index contributed by atoms with van der Waals surface area (Å²) in [5.74, 6) is 0. The molecule has 16 heavy (non-hydrogen) atoms. The van der Waals surface area contributed by atoms with Crippen molar-refractivity contribution in [1.82, 2.24) is 0 Å². The van der Waals surface area contributed by atoms with Crippen LogP contribution in [0.3, 0.4) is 0 Å². The first-order valence-corrected chi connectivity index (χ1v) is 5.41. The fourth-order valence-corrected chi connectivity index (χ4v) is 1.81. The summed E-state index contributed by atoms with van der Waals surface area (Å²) >= 11 is 0. The number of rotatable bonds is 3. The molecule has 0 spiro atoms. The summed E-state index contributed by atoms with van der Waals surface area (Å²) in [7, 11) is 0. The van der Waals surface area contributed by atoms with Crippen LogP contribution in [0.25, 0.3) is 11.0 Å². The third kappa shape index (κ3) is 1.78. The van der Waals surface area contributed by atoms with Crippen molar-refractivity contribution in [1.29, 1.82) is 0 Å². The standard InChI is InChI=1S/C14H14O2/c1-3-6-11-7-5-8-12-9-10(4-2)14(15)16-13(11)12/h3,5,7-9H,1,4,6H2,2H3. The highest BCUT2D eigenvalue weighted by Gasteiger charge is 2.06. The van der Waals surface area contributed by atoms with Crippen molar-refractivity contribution in [2.75, 3.05) is 0 Å². The van der Waals surface area contributed by atoms with Crippen LogP contribution in [-0.2, 0) is 12.8 Å². The smallest absolute Gasteiger partial charge is 0.339 e. The third-order valence-corrected chi connectivity index (χ3v) is 2.66. The first kappa shape index (κ1) is 10.7. The van der Waals surface area contributed by atoms with E-state index >= 15 is 0 Å². The fourth-order valence-electron chi connectivity index (χ4n) is 1.81. The first-order chi connectivity index (χ1) is 7.76. The number of hydrogen-bond acceptors (Lipinski definition) is 2. The molecule has 0 N–H and O–H groups in total. The van der Waals surface area contributed by atoms with Gasteiger partial charge >= 0.3 is 5.63 Å². The van der Waals surface area contributed by atoms with Crippen molar-refractivity contribution in [2.45, 2.75) is 19.8 Å². The van der Waals surface area contributed by atoms with Gasteiger partial charge in [0.25, 0.3) is 0 Å². The van der Waals surface area contributed by atoms with Crippen molar-refractivity contribution < 1.29 is 4.42 Å². The maximum atomic E-state index is 11.6. The van der Waals surface area contributed by atoms with E-state index in [-0.39, 0.29) is 5.63 Å². The molecule has 0 saturated carbocycles. The minimum atomic E-state index is -0.230. The maximum Gasteiger partial charge on any atom is 0.339 e. The predicted octanol–water partition coefficient (Wildman–Crippen LogP) is 3.08. The molecule has 1 aromatic heterocycles. The molecule has 0 aliphatic heterocycles. The fraction of sp³-hybridized carbons (Fsp3) is 0.214. The predicted molar refractivity (Wildman–Crippen MR) is 65.8 cm³/mol. The topological polar surface area (TPSA) is 30.2 Å². The summed E-state index contributed by atoms with van der Waals surface area (Å²) in [6.45, 7) is 5.65. The molecule has 0 aliphatic rings. The second kappa shape index (κ2) is 4.35. The van der Waals surface area contributed by atoms with Crippen LogP contribution in [0.15, 0.2) is 46.1 Å². The van der Waals surface area contributed by atoms with E-state index in [0.29, 0.717) is 18.4 Å². The second-order valence-corrected chi connectivity index (χ2v) is 3.74. The summed E-state index contributed by atoms with van der Waals surface area (Å²) in [6.07, 6.45) is 3.22. The number of fused-ring (bicyclic) bond motifs is 1. The van der Waals surface area contributed by atoms with Crippen LogP contribution >= 0.6 is 0 Å². The Kier molecular flexibility index (Phi) is 2.91. The highest BCUT2D eigenvalue weighted by molar-refractivity contribution is 5.80. The Labute approximate surface area is 94.2 Å². The van der Waals surface area contributed by atoms with E-state index in [2.05, 4.69) is 6.58 Å².